The molecular formula is C13H14BrFN2O2. The van der Waals surface area contributed by atoms with Crippen LogP contribution in [0.3, 0.4) is 0 Å². The number of rotatable bonds is 2. The van der Waals surface area contributed by atoms with Crippen LogP contribution in [0.15, 0.2) is 22.7 Å². The molecule has 19 heavy (non-hydrogen) atoms. The van der Waals surface area contributed by atoms with Gasteiger partial charge < -0.3 is 10.2 Å². The lowest BCUT2D eigenvalue weighted by Crippen LogP contribution is -2.39. The Kier molecular flexibility index (Phi) is 4.19. The number of carbonyl (C=O) groups excluding carboxylic acids is 2. The summed E-state index contributed by atoms with van der Waals surface area (Å²) in [5, 5.41) is 2.53. The smallest absolute Gasteiger partial charge is 0.242 e. The molecule has 0 bridgehead atoms. The van der Waals surface area contributed by atoms with E-state index in [2.05, 4.69) is 21.2 Å². The van der Waals surface area contributed by atoms with E-state index in [-0.39, 0.29) is 43.2 Å². The minimum absolute atomic E-state index is 0.0265. The summed E-state index contributed by atoms with van der Waals surface area (Å²) in [5.41, 5.74) is 0.442. The molecule has 1 fully saturated rings. The van der Waals surface area contributed by atoms with E-state index >= 15 is 0 Å². The van der Waals surface area contributed by atoms with Crippen molar-refractivity contribution in [2.75, 3.05) is 6.54 Å². The van der Waals surface area contributed by atoms with Gasteiger partial charge in [0.25, 0.3) is 0 Å². The Morgan fingerprint density at radius 3 is 2.89 bits per heavy atom. The zero-order valence-corrected chi connectivity index (χ0v) is 12.0. The van der Waals surface area contributed by atoms with Crippen molar-refractivity contribution < 1.29 is 14.0 Å². The molecule has 0 radical (unpaired) electrons. The lowest BCUT2D eigenvalue weighted by atomic mass is 10.1. The van der Waals surface area contributed by atoms with Crippen LogP contribution in [0.4, 0.5) is 4.39 Å². The van der Waals surface area contributed by atoms with E-state index in [1.807, 2.05) is 0 Å². The summed E-state index contributed by atoms with van der Waals surface area (Å²) < 4.78 is 14.4. The fourth-order valence-electron chi connectivity index (χ4n) is 2.05. The molecule has 1 unspecified atom stereocenters. The first-order valence-corrected chi connectivity index (χ1v) is 6.77. The van der Waals surface area contributed by atoms with Crippen molar-refractivity contribution >= 4 is 27.7 Å². The molecule has 1 saturated heterocycles. The van der Waals surface area contributed by atoms with Crippen molar-refractivity contribution in [3.8, 4) is 0 Å². The van der Waals surface area contributed by atoms with Crippen LogP contribution >= 0.6 is 15.9 Å². The fourth-order valence-corrected chi connectivity index (χ4v) is 2.38. The Labute approximate surface area is 119 Å². The first-order chi connectivity index (χ1) is 8.97. The minimum atomic E-state index is -0.363. The van der Waals surface area contributed by atoms with E-state index in [1.165, 1.54) is 11.0 Å². The SMILES string of the molecule is CC1CC(=O)NCC(=O)N1Cc1ccc(Br)cc1F. The molecule has 2 amide bonds. The van der Waals surface area contributed by atoms with E-state index in [9.17, 15) is 14.0 Å². The molecule has 6 heteroatoms. The predicted octanol–water partition coefficient (Wildman–Crippen LogP) is 1.83. The largest absolute Gasteiger partial charge is 0.347 e. The highest BCUT2D eigenvalue weighted by Gasteiger charge is 2.27. The molecule has 2 rings (SSSR count). The standard InChI is InChI=1S/C13H14BrFN2O2/c1-8-4-12(18)16-6-13(19)17(8)7-9-2-3-10(14)5-11(9)15/h2-3,5,8H,4,6-7H2,1H3,(H,16,18). The van der Waals surface area contributed by atoms with Gasteiger partial charge in [0.15, 0.2) is 0 Å². The molecule has 0 aromatic heterocycles. The Bertz CT molecular complexity index is 521. The Hall–Kier alpha value is -1.43. The second-order valence-corrected chi connectivity index (χ2v) is 5.50. The van der Waals surface area contributed by atoms with Gasteiger partial charge in [0.05, 0.1) is 6.54 Å². The number of benzene rings is 1. The van der Waals surface area contributed by atoms with Crippen molar-refractivity contribution in [1.82, 2.24) is 10.2 Å². The molecule has 1 aromatic rings. The maximum absolute atomic E-state index is 13.8. The average Bonchev–Trinajstić information content (AvgIpc) is 2.45. The van der Waals surface area contributed by atoms with Crippen LogP contribution in [0.5, 0.6) is 0 Å². The highest BCUT2D eigenvalue weighted by atomic mass is 79.9. The van der Waals surface area contributed by atoms with Gasteiger partial charge in [-0.05, 0) is 19.1 Å². The molecule has 0 aliphatic carbocycles. The third-order valence-electron chi connectivity index (χ3n) is 3.13. The van der Waals surface area contributed by atoms with Gasteiger partial charge in [0.1, 0.15) is 5.82 Å². The van der Waals surface area contributed by atoms with Crippen molar-refractivity contribution in [1.29, 1.82) is 0 Å². The number of halogens is 2. The second kappa shape index (κ2) is 5.69. The summed E-state index contributed by atoms with van der Waals surface area (Å²) in [6.45, 7) is 1.94. The van der Waals surface area contributed by atoms with Crippen molar-refractivity contribution in [2.24, 2.45) is 0 Å². The fraction of sp³-hybridized carbons (Fsp3) is 0.385. The van der Waals surface area contributed by atoms with Gasteiger partial charge in [0, 0.05) is 29.0 Å². The van der Waals surface area contributed by atoms with Gasteiger partial charge in [-0.1, -0.05) is 22.0 Å². The highest BCUT2D eigenvalue weighted by molar-refractivity contribution is 9.10. The monoisotopic (exact) mass is 328 g/mol. The second-order valence-electron chi connectivity index (χ2n) is 4.59. The molecule has 102 valence electrons. The van der Waals surface area contributed by atoms with Crippen LogP contribution in [-0.4, -0.2) is 29.3 Å². The van der Waals surface area contributed by atoms with Crippen LogP contribution in [0.25, 0.3) is 0 Å². The number of nitrogens with zero attached hydrogens (tertiary/aromatic N) is 1. The van der Waals surface area contributed by atoms with Crippen LogP contribution in [0.1, 0.15) is 18.9 Å². The molecule has 1 heterocycles. The minimum Gasteiger partial charge on any atom is -0.347 e. The normalized spacial score (nSPS) is 20.2. The zero-order chi connectivity index (χ0) is 14.0. The van der Waals surface area contributed by atoms with Crippen LogP contribution in [0.2, 0.25) is 0 Å². The number of hydrogen-bond donors (Lipinski definition) is 1. The molecule has 1 aromatic carbocycles. The molecule has 0 spiro atoms. The number of amides is 2. The molecule has 1 atom stereocenters. The van der Waals surface area contributed by atoms with E-state index in [4.69, 9.17) is 0 Å². The van der Waals surface area contributed by atoms with Gasteiger partial charge in [-0.15, -0.1) is 0 Å². The molecule has 1 N–H and O–H groups in total. The number of carbonyl (C=O) groups is 2. The van der Waals surface area contributed by atoms with E-state index < -0.39 is 0 Å². The molecule has 0 saturated carbocycles. The first-order valence-electron chi connectivity index (χ1n) is 5.97. The van der Waals surface area contributed by atoms with E-state index in [0.717, 1.165) is 0 Å². The third kappa shape index (κ3) is 3.32. The van der Waals surface area contributed by atoms with E-state index in [0.29, 0.717) is 10.0 Å². The zero-order valence-electron chi connectivity index (χ0n) is 10.5. The Morgan fingerprint density at radius 2 is 2.21 bits per heavy atom. The highest BCUT2D eigenvalue weighted by Crippen LogP contribution is 2.19. The summed E-state index contributed by atoms with van der Waals surface area (Å²) in [4.78, 5) is 24.8. The van der Waals surface area contributed by atoms with Gasteiger partial charge in [-0.2, -0.15) is 0 Å². The maximum Gasteiger partial charge on any atom is 0.242 e. The van der Waals surface area contributed by atoms with Gasteiger partial charge in [0.2, 0.25) is 11.8 Å². The van der Waals surface area contributed by atoms with Gasteiger partial charge in [-0.3, -0.25) is 9.59 Å². The average molecular weight is 329 g/mol. The number of nitrogens with one attached hydrogen (secondary N) is 1. The lowest BCUT2D eigenvalue weighted by Gasteiger charge is -2.26. The van der Waals surface area contributed by atoms with Gasteiger partial charge in [-0.25, -0.2) is 4.39 Å². The molecule has 1 aliphatic heterocycles. The first kappa shape index (κ1) is 14.0. The summed E-state index contributed by atoms with van der Waals surface area (Å²) in [5.74, 6) is -0.710. The Morgan fingerprint density at radius 1 is 1.47 bits per heavy atom. The summed E-state index contributed by atoms with van der Waals surface area (Å²) >= 11 is 3.19. The van der Waals surface area contributed by atoms with Crippen molar-refractivity contribution in [3.05, 3.63) is 34.1 Å². The van der Waals surface area contributed by atoms with Crippen LogP contribution < -0.4 is 5.32 Å². The van der Waals surface area contributed by atoms with Crippen molar-refractivity contribution in [2.45, 2.75) is 25.9 Å². The molecule has 1 aliphatic rings. The lowest BCUT2D eigenvalue weighted by molar-refractivity contribution is -0.132. The van der Waals surface area contributed by atoms with Gasteiger partial charge >= 0.3 is 0 Å². The molecular weight excluding hydrogens is 315 g/mol. The van der Waals surface area contributed by atoms with Crippen molar-refractivity contribution in [3.63, 3.8) is 0 Å². The predicted molar refractivity (Wildman–Crippen MR) is 71.7 cm³/mol. The Balaban J connectivity index is 2.20. The summed E-state index contributed by atoms with van der Waals surface area (Å²) in [6, 6.07) is 4.50. The van der Waals surface area contributed by atoms with Crippen LogP contribution in [0, 0.1) is 5.82 Å². The van der Waals surface area contributed by atoms with Crippen LogP contribution in [-0.2, 0) is 16.1 Å². The quantitative estimate of drug-likeness (QED) is 0.900. The maximum atomic E-state index is 13.8. The third-order valence-corrected chi connectivity index (χ3v) is 3.62. The number of hydrogen-bond acceptors (Lipinski definition) is 2. The summed E-state index contributed by atoms with van der Waals surface area (Å²) in [7, 11) is 0. The molecule has 4 nitrogen and oxygen atoms in total. The topological polar surface area (TPSA) is 49.4 Å². The van der Waals surface area contributed by atoms with E-state index in [1.54, 1.807) is 19.1 Å². The summed E-state index contributed by atoms with van der Waals surface area (Å²) in [6.07, 6.45) is 0.240.